The predicted octanol–water partition coefficient (Wildman–Crippen LogP) is 1.62. The summed E-state index contributed by atoms with van der Waals surface area (Å²) in [6, 6.07) is 3.52. The van der Waals surface area contributed by atoms with Crippen LogP contribution >= 0.6 is 0 Å². The van der Waals surface area contributed by atoms with Crippen LogP contribution in [0, 0.1) is 5.92 Å². The molecule has 86 valence electrons. The first kappa shape index (κ1) is 11.1. The average Bonchev–Trinajstić information content (AvgIpc) is 3.01. The molecule has 0 spiro atoms. The minimum atomic E-state index is -0.966. The fourth-order valence-electron chi connectivity index (χ4n) is 1.81. The van der Waals surface area contributed by atoms with Crippen molar-refractivity contribution in [3.8, 4) is 0 Å². The zero-order valence-electron chi connectivity index (χ0n) is 9.39. The Kier molecular flexibility index (Phi) is 3.19. The lowest BCUT2D eigenvalue weighted by atomic mass is 10.2. The number of aromatic nitrogens is 1. The van der Waals surface area contributed by atoms with Gasteiger partial charge in [-0.3, -0.25) is 0 Å². The van der Waals surface area contributed by atoms with Crippen LogP contribution in [0.1, 0.15) is 28.9 Å². The smallest absolute Gasteiger partial charge is 0.354 e. The third kappa shape index (κ3) is 3.03. The first-order valence-corrected chi connectivity index (χ1v) is 5.52. The second kappa shape index (κ2) is 4.61. The van der Waals surface area contributed by atoms with E-state index in [1.54, 1.807) is 12.3 Å². The van der Waals surface area contributed by atoms with E-state index in [0.717, 1.165) is 24.6 Å². The van der Waals surface area contributed by atoms with Crippen molar-refractivity contribution in [1.29, 1.82) is 0 Å². The Bertz CT molecular complexity index is 388. The van der Waals surface area contributed by atoms with Crippen LogP contribution in [0.3, 0.4) is 0 Å². The molecule has 0 bridgehead atoms. The van der Waals surface area contributed by atoms with Crippen LogP contribution in [0.4, 0.5) is 0 Å². The molecule has 0 radical (unpaired) electrons. The summed E-state index contributed by atoms with van der Waals surface area (Å²) in [5.41, 5.74) is 1.13. The van der Waals surface area contributed by atoms with E-state index in [9.17, 15) is 4.79 Å². The molecule has 1 aliphatic rings. The first-order chi connectivity index (χ1) is 7.65. The van der Waals surface area contributed by atoms with Gasteiger partial charge in [-0.05, 0) is 43.5 Å². The largest absolute Gasteiger partial charge is 0.477 e. The van der Waals surface area contributed by atoms with E-state index >= 15 is 0 Å². The second-order valence-corrected chi connectivity index (χ2v) is 4.49. The van der Waals surface area contributed by atoms with Crippen LogP contribution in [0.5, 0.6) is 0 Å². The number of aromatic carboxylic acids is 1. The number of hydrogen-bond acceptors (Lipinski definition) is 3. The molecular weight excluding hydrogens is 204 g/mol. The Morgan fingerprint density at radius 2 is 2.38 bits per heavy atom. The highest BCUT2D eigenvalue weighted by Crippen LogP contribution is 2.29. The maximum Gasteiger partial charge on any atom is 0.354 e. The van der Waals surface area contributed by atoms with Crippen molar-refractivity contribution in [3.05, 3.63) is 29.6 Å². The molecule has 16 heavy (non-hydrogen) atoms. The highest BCUT2D eigenvalue weighted by molar-refractivity contribution is 5.85. The normalized spacial score (nSPS) is 15.4. The molecule has 1 saturated carbocycles. The molecular formula is C12H16N2O2. The lowest BCUT2D eigenvalue weighted by molar-refractivity contribution is 0.0690. The maximum absolute atomic E-state index is 10.8. The van der Waals surface area contributed by atoms with Gasteiger partial charge in [-0.1, -0.05) is 0 Å². The van der Waals surface area contributed by atoms with Gasteiger partial charge in [0, 0.05) is 19.3 Å². The van der Waals surface area contributed by atoms with Crippen molar-refractivity contribution in [2.45, 2.75) is 19.4 Å². The monoisotopic (exact) mass is 220 g/mol. The van der Waals surface area contributed by atoms with Gasteiger partial charge in [0.1, 0.15) is 5.69 Å². The molecule has 0 aliphatic heterocycles. The molecule has 0 aromatic carbocycles. The number of nitrogens with zero attached hydrogens (tertiary/aromatic N) is 2. The highest BCUT2D eigenvalue weighted by Gasteiger charge is 2.22. The zero-order valence-corrected chi connectivity index (χ0v) is 9.39. The third-order valence-electron chi connectivity index (χ3n) is 2.76. The van der Waals surface area contributed by atoms with Gasteiger partial charge < -0.3 is 10.0 Å². The van der Waals surface area contributed by atoms with E-state index in [-0.39, 0.29) is 5.69 Å². The van der Waals surface area contributed by atoms with Gasteiger partial charge in [0.05, 0.1) is 0 Å². The number of carboxylic acid groups (broad SMARTS) is 1. The predicted molar refractivity (Wildman–Crippen MR) is 60.3 cm³/mol. The zero-order chi connectivity index (χ0) is 11.5. The van der Waals surface area contributed by atoms with E-state index < -0.39 is 5.97 Å². The minimum absolute atomic E-state index is 0.123. The topological polar surface area (TPSA) is 53.4 Å². The molecule has 4 nitrogen and oxygen atoms in total. The van der Waals surface area contributed by atoms with E-state index in [1.165, 1.54) is 12.8 Å². The van der Waals surface area contributed by atoms with E-state index in [2.05, 4.69) is 16.9 Å². The van der Waals surface area contributed by atoms with Crippen LogP contribution in [-0.2, 0) is 6.54 Å². The molecule has 1 aliphatic carbocycles. The summed E-state index contributed by atoms with van der Waals surface area (Å²) in [5, 5.41) is 8.82. The van der Waals surface area contributed by atoms with E-state index in [1.807, 2.05) is 6.07 Å². The van der Waals surface area contributed by atoms with Gasteiger partial charge in [-0.2, -0.15) is 0 Å². The maximum atomic E-state index is 10.8. The Labute approximate surface area is 94.9 Å². The Hall–Kier alpha value is -1.42. The molecule has 0 atom stereocenters. The summed E-state index contributed by atoms with van der Waals surface area (Å²) in [5.74, 6) is -0.113. The average molecular weight is 220 g/mol. The van der Waals surface area contributed by atoms with Crippen LogP contribution in [0.15, 0.2) is 18.3 Å². The van der Waals surface area contributed by atoms with Crippen LogP contribution in [0.2, 0.25) is 0 Å². The number of rotatable bonds is 5. The molecule has 0 saturated heterocycles. The van der Waals surface area contributed by atoms with Crippen molar-refractivity contribution >= 4 is 5.97 Å². The van der Waals surface area contributed by atoms with Crippen molar-refractivity contribution in [1.82, 2.24) is 9.88 Å². The van der Waals surface area contributed by atoms with Crippen molar-refractivity contribution < 1.29 is 9.90 Å². The summed E-state index contributed by atoms with van der Waals surface area (Å²) in [7, 11) is 2.07. The summed E-state index contributed by atoms with van der Waals surface area (Å²) >= 11 is 0. The molecule has 1 aromatic rings. The fourth-order valence-corrected chi connectivity index (χ4v) is 1.81. The first-order valence-electron chi connectivity index (χ1n) is 5.52. The van der Waals surface area contributed by atoms with Crippen LogP contribution in [0.25, 0.3) is 0 Å². The van der Waals surface area contributed by atoms with Gasteiger partial charge in [0.25, 0.3) is 0 Å². The Morgan fingerprint density at radius 1 is 1.62 bits per heavy atom. The van der Waals surface area contributed by atoms with Crippen molar-refractivity contribution in [3.63, 3.8) is 0 Å². The molecule has 1 fully saturated rings. The van der Waals surface area contributed by atoms with E-state index in [4.69, 9.17) is 5.11 Å². The SMILES string of the molecule is CN(Cc1ccnc(C(=O)O)c1)CC1CC1. The highest BCUT2D eigenvalue weighted by atomic mass is 16.4. The van der Waals surface area contributed by atoms with Crippen LogP contribution in [-0.4, -0.2) is 34.6 Å². The van der Waals surface area contributed by atoms with Crippen molar-refractivity contribution in [2.75, 3.05) is 13.6 Å². The lowest BCUT2D eigenvalue weighted by Crippen LogP contribution is -2.20. The summed E-state index contributed by atoms with van der Waals surface area (Å²) in [6.45, 7) is 1.89. The third-order valence-corrected chi connectivity index (χ3v) is 2.76. The van der Waals surface area contributed by atoms with Crippen LogP contribution < -0.4 is 0 Å². The Morgan fingerprint density at radius 3 is 3.00 bits per heavy atom. The second-order valence-electron chi connectivity index (χ2n) is 4.49. The number of hydrogen-bond donors (Lipinski definition) is 1. The number of carboxylic acids is 1. The van der Waals surface area contributed by atoms with Gasteiger partial charge in [0.15, 0.2) is 0 Å². The fraction of sp³-hybridized carbons (Fsp3) is 0.500. The van der Waals surface area contributed by atoms with Gasteiger partial charge >= 0.3 is 5.97 Å². The van der Waals surface area contributed by atoms with Crippen molar-refractivity contribution in [2.24, 2.45) is 5.92 Å². The molecule has 1 aromatic heterocycles. The molecule has 2 rings (SSSR count). The molecule has 1 N–H and O–H groups in total. The molecule has 0 amide bonds. The molecule has 1 heterocycles. The lowest BCUT2D eigenvalue weighted by Gasteiger charge is -2.16. The molecule has 4 heteroatoms. The van der Waals surface area contributed by atoms with Gasteiger partial charge in [-0.25, -0.2) is 9.78 Å². The van der Waals surface area contributed by atoms with Gasteiger partial charge in [-0.15, -0.1) is 0 Å². The van der Waals surface area contributed by atoms with E-state index in [0.29, 0.717) is 0 Å². The summed E-state index contributed by atoms with van der Waals surface area (Å²) < 4.78 is 0. The Balaban J connectivity index is 1.96. The summed E-state index contributed by atoms with van der Waals surface area (Å²) in [6.07, 6.45) is 4.23. The van der Waals surface area contributed by atoms with Gasteiger partial charge in [0.2, 0.25) is 0 Å². The number of carbonyl (C=O) groups is 1. The number of pyridine rings is 1. The minimum Gasteiger partial charge on any atom is -0.477 e. The quantitative estimate of drug-likeness (QED) is 0.819. The standard InChI is InChI=1S/C12H16N2O2/c1-14(7-9-2-3-9)8-10-4-5-13-11(6-10)12(15)16/h4-6,9H,2-3,7-8H2,1H3,(H,15,16). The summed E-state index contributed by atoms with van der Waals surface area (Å²) in [4.78, 5) is 16.8. The molecule has 0 unspecified atom stereocenters.